The monoisotopic (exact) mass is 200 g/mol. The van der Waals surface area contributed by atoms with Gasteiger partial charge in [-0.1, -0.05) is 23.7 Å². The second-order valence-electron chi connectivity index (χ2n) is 2.63. The van der Waals surface area contributed by atoms with Crippen LogP contribution in [0.3, 0.4) is 0 Å². The molecule has 3 heteroatoms. The zero-order chi connectivity index (χ0) is 9.14. The molecule has 0 saturated heterocycles. The van der Waals surface area contributed by atoms with Gasteiger partial charge in [0.05, 0.1) is 5.02 Å². The van der Waals surface area contributed by atoms with Crippen molar-refractivity contribution in [2.75, 3.05) is 0 Å². The third-order valence-electron chi connectivity index (χ3n) is 1.50. The molecule has 0 unspecified atom stereocenters. The van der Waals surface area contributed by atoms with Crippen molar-refractivity contribution in [3.05, 3.63) is 28.8 Å². The van der Waals surface area contributed by atoms with Gasteiger partial charge in [0, 0.05) is 11.3 Å². The highest BCUT2D eigenvalue weighted by Gasteiger charge is 2.04. The van der Waals surface area contributed by atoms with Crippen molar-refractivity contribution in [2.45, 2.75) is 18.2 Å². The number of Topliss-reactive ketones (excluding diaryl/α,β-unsaturated/α-hetero) is 1. The summed E-state index contributed by atoms with van der Waals surface area (Å²) in [6, 6.07) is 5.48. The minimum absolute atomic E-state index is 0.107. The van der Waals surface area contributed by atoms with Gasteiger partial charge in [-0.3, -0.25) is 4.79 Å². The normalized spacial score (nSPS) is 9.92. The molecule has 0 saturated carbocycles. The molecule has 1 aromatic carbocycles. The number of ketones is 1. The number of benzene rings is 1. The van der Waals surface area contributed by atoms with Crippen LogP contribution >= 0.6 is 24.2 Å². The van der Waals surface area contributed by atoms with Gasteiger partial charge in [0.1, 0.15) is 5.78 Å². The zero-order valence-electron chi connectivity index (χ0n) is 6.67. The molecule has 64 valence electrons. The highest BCUT2D eigenvalue weighted by molar-refractivity contribution is 7.80. The lowest BCUT2D eigenvalue weighted by Gasteiger charge is -2.02. The Morgan fingerprint density at radius 1 is 1.58 bits per heavy atom. The van der Waals surface area contributed by atoms with Gasteiger partial charge in [-0.2, -0.15) is 0 Å². The van der Waals surface area contributed by atoms with Crippen LogP contribution in [0.15, 0.2) is 23.1 Å². The van der Waals surface area contributed by atoms with Crippen LogP contribution in [0.2, 0.25) is 5.02 Å². The number of halogens is 1. The van der Waals surface area contributed by atoms with Crippen LogP contribution in [0.25, 0.3) is 0 Å². The summed E-state index contributed by atoms with van der Waals surface area (Å²) in [4.78, 5) is 11.5. The van der Waals surface area contributed by atoms with E-state index < -0.39 is 0 Å². The van der Waals surface area contributed by atoms with E-state index >= 15 is 0 Å². The molecule has 0 aliphatic rings. The van der Waals surface area contributed by atoms with Crippen LogP contribution in [0.5, 0.6) is 0 Å². The fourth-order valence-corrected chi connectivity index (χ4v) is 1.39. The molecule has 0 fully saturated rings. The van der Waals surface area contributed by atoms with Gasteiger partial charge in [-0.05, 0) is 18.6 Å². The van der Waals surface area contributed by atoms with Gasteiger partial charge in [0.25, 0.3) is 0 Å². The van der Waals surface area contributed by atoms with E-state index in [-0.39, 0.29) is 5.78 Å². The first-order valence-electron chi connectivity index (χ1n) is 3.57. The molecule has 0 aliphatic heterocycles. The van der Waals surface area contributed by atoms with Crippen molar-refractivity contribution in [3.8, 4) is 0 Å². The number of thiol groups is 1. The predicted octanol–water partition coefficient (Wildman–Crippen LogP) is 2.76. The number of rotatable bonds is 2. The molecule has 0 atom stereocenters. The molecule has 0 N–H and O–H groups in total. The largest absolute Gasteiger partial charge is 0.300 e. The fraction of sp³-hybridized carbons (Fsp3) is 0.222. The molecule has 0 bridgehead atoms. The van der Waals surface area contributed by atoms with E-state index in [2.05, 4.69) is 12.6 Å². The van der Waals surface area contributed by atoms with E-state index in [4.69, 9.17) is 11.6 Å². The van der Waals surface area contributed by atoms with Crippen LogP contribution in [0, 0.1) is 0 Å². The minimum Gasteiger partial charge on any atom is -0.300 e. The third-order valence-corrected chi connectivity index (χ3v) is 2.45. The third kappa shape index (κ3) is 2.26. The Kier molecular flexibility index (Phi) is 3.18. The molecular formula is C9H9ClOS. The van der Waals surface area contributed by atoms with Gasteiger partial charge in [-0.25, -0.2) is 0 Å². The lowest BCUT2D eigenvalue weighted by Crippen LogP contribution is -1.96. The average Bonchev–Trinajstić information content (AvgIpc) is 1.98. The minimum atomic E-state index is 0.107. The van der Waals surface area contributed by atoms with E-state index in [1.54, 1.807) is 13.0 Å². The SMILES string of the molecule is CC(=O)Cc1cccc(S)c1Cl. The maximum absolute atomic E-state index is 10.8. The first-order chi connectivity index (χ1) is 5.61. The van der Waals surface area contributed by atoms with Crippen LogP contribution in [0.4, 0.5) is 0 Å². The Balaban J connectivity index is 3.00. The smallest absolute Gasteiger partial charge is 0.134 e. The first kappa shape index (κ1) is 9.62. The van der Waals surface area contributed by atoms with Crippen LogP contribution in [0.1, 0.15) is 12.5 Å². The summed E-state index contributed by atoms with van der Waals surface area (Å²) in [5, 5.41) is 0.580. The summed E-state index contributed by atoms with van der Waals surface area (Å²) in [5.74, 6) is 0.107. The Labute approximate surface area is 82.1 Å². The Morgan fingerprint density at radius 2 is 2.25 bits per heavy atom. The van der Waals surface area contributed by atoms with E-state index in [0.717, 1.165) is 10.5 Å². The maximum atomic E-state index is 10.8. The Morgan fingerprint density at radius 3 is 2.83 bits per heavy atom. The van der Waals surface area contributed by atoms with E-state index in [1.165, 1.54) is 0 Å². The number of carbonyl (C=O) groups excluding carboxylic acids is 1. The van der Waals surface area contributed by atoms with Gasteiger partial charge in [0.15, 0.2) is 0 Å². The lowest BCUT2D eigenvalue weighted by molar-refractivity contribution is -0.116. The summed E-state index contributed by atoms with van der Waals surface area (Å²) < 4.78 is 0. The van der Waals surface area contributed by atoms with Crippen molar-refractivity contribution in [1.82, 2.24) is 0 Å². The van der Waals surface area contributed by atoms with E-state index in [9.17, 15) is 4.79 Å². The van der Waals surface area contributed by atoms with Gasteiger partial charge in [-0.15, -0.1) is 12.6 Å². The quantitative estimate of drug-likeness (QED) is 0.727. The van der Waals surface area contributed by atoms with Gasteiger partial charge in [0.2, 0.25) is 0 Å². The maximum Gasteiger partial charge on any atom is 0.134 e. The van der Waals surface area contributed by atoms with Crippen LogP contribution in [-0.2, 0) is 11.2 Å². The Bertz CT molecular complexity index is 309. The first-order valence-corrected chi connectivity index (χ1v) is 4.39. The highest BCUT2D eigenvalue weighted by atomic mass is 35.5. The van der Waals surface area contributed by atoms with Crippen molar-refractivity contribution in [3.63, 3.8) is 0 Å². The molecule has 0 heterocycles. The van der Waals surface area contributed by atoms with Crippen molar-refractivity contribution < 1.29 is 4.79 Å². The topological polar surface area (TPSA) is 17.1 Å². The Hall–Kier alpha value is -0.470. The molecule has 12 heavy (non-hydrogen) atoms. The van der Waals surface area contributed by atoms with E-state index in [0.29, 0.717) is 11.4 Å². The summed E-state index contributed by atoms with van der Waals surface area (Å²) in [6.45, 7) is 1.54. The van der Waals surface area contributed by atoms with Crippen molar-refractivity contribution in [2.24, 2.45) is 0 Å². The number of carbonyl (C=O) groups is 1. The molecule has 1 rings (SSSR count). The van der Waals surface area contributed by atoms with Crippen molar-refractivity contribution >= 4 is 30.0 Å². The zero-order valence-corrected chi connectivity index (χ0v) is 8.32. The van der Waals surface area contributed by atoms with Crippen molar-refractivity contribution in [1.29, 1.82) is 0 Å². The van der Waals surface area contributed by atoms with Crippen LogP contribution in [-0.4, -0.2) is 5.78 Å². The molecule has 0 spiro atoms. The summed E-state index contributed by atoms with van der Waals surface area (Å²) in [5.41, 5.74) is 0.844. The highest BCUT2D eigenvalue weighted by Crippen LogP contribution is 2.24. The number of hydrogen-bond donors (Lipinski definition) is 1. The molecular weight excluding hydrogens is 192 g/mol. The second kappa shape index (κ2) is 3.97. The summed E-state index contributed by atoms with van der Waals surface area (Å²) in [6.07, 6.45) is 0.382. The molecule has 0 aromatic heterocycles. The molecule has 0 amide bonds. The standard InChI is InChI=1S/C9H9ClOS/c1-6(11)5-7-3-2-4-8(12)9(7)10/h2-4,12H,5H2,1H3. The fourth-order valence-electron chi connectivity index (χ4n) is 0.971. The van der Waals surface area contributed by atoms with Gasteiger partial charge >= 0.3 is 0 Å². The van der Waals surface area contributed by atoms with Gasteiger partial charge < -0.3 is 0 Å². The average molecular weight is 201 g/mol. The lowest BCUT2D eigenvalue weighted by atomic mass is 10.1. The summed E-state index contributed by atoms with van der Waals surface area (Å²) in [7, 11) is 0. The summed E-state index contributed by atoms with van der Waals surface area (Å²) >= 11 is 10.1. The van der Waals surface area contributed by atoms with Crippen LogP contribution < -0.4 is 0 Å². The predicted molar refractivity (Wildman–Crippen MR) is 53.1 cm³/mol. The molecule has 1 nitrogen and oxygen atoms in total. The van der Waals surface area contributed by atoms with E-state index in [1.807, 2.05) is 12.1 Å². The number of hydrogen-bond acceptors (Lipinski definition) is 2. The molecule has 0 radical (unpaired) electrons. The second-order valence-corrected chi connectivity index (χ2v) is 3.49. The molecule has 1 aromatic rings. The molecule has 0 aliphatic carbocycles.